The molecule has 0 bridgehead atoms. The van der Waals surface area contributed by atoms with Crippen LogP contribution in [0.5, 0.6) is 11.5 Å². The van der Waals surface area contributed by atoms with Crippen molar-refractivity contribution in [3.8, 4) is 11.5 Å². The van der Waals surface area contributed by atoms with Gasteiger partial charge < -0.3 is 14.8 Å². The van der Waals surface area contributed by atoms with Gasteiger partial charge in [-0.3, -0.25) is 14.2 Å². The minimum Gasteiger partial charge on any atom is -0.497 e. The van der Waals surface area contributed by atoms with Gasteiger partial charge in [0.15, 0.2) is 0 Å². The third-order valence-electron chi connectivity index (χ3n) is 6.23. The van der Waals surface area contributed by atoms with Crippen LogP contribution in [0.1, 0.15) is 25.1 Å². The Bertz CT molecular complexity index is 1450. The first kappa shape index (κ1) is 26.1. The van der Waals surface area contributed by atoms with Gasteiger partial charge >= 0.3 is 0 Å². The minimum absolute atomic E-state index is 0.00877. The van der Waals surface area contributed by atoms with Crippen LogP contribution in [0.3, 0.4) is 0 Å². The molecule has 1 aliphatic heterocycles. The number of carbonyl (C=O) groups excluding carboxylic acids is 1. The number of hydrogen-bond acceptors (Lipinski definition) is 8. The Balaban J connectivity index is 1.68. The Morgan fingerprint density at radius 1 is 1.19 bits per heavy atom. The first-order valence-electron chi connectivity index (χ1n) is 11.6. The zero-order valence-electron chi connectivity index (χ0n) is 20.9. The summed E-state index contributed by atoms with van der Waals surface area (Å²) >= 11 is 1.16. The van der Waals surface area contributed by atoms with E-state index in [1.807, 2.05) is 13.8 Å². The van der Waals surface area contributed by atoms with Gasteiger partial charge in [0.1, 0.15) is 27.8 Å². The maximum absolute atomic E-state index is 13.7. The van der Waals surface area contributed by atoms with Crippen molar-refractivity contribution in [2.45, 2.75) is 38.6 Å². The number of methoxy groups -OCH3 is 2. The van der Waals surface area contributed by atoms with E-state index in [9.17, 15) is 18.0 Å². The van der Waals surface area contributed by atoms with Gasteiger partial charge in [-0.2, -0.15) is 4.31 Å². The molecular formula is C24H30N4O6S2. The predicted octanol–water partition coefficient (Wildman–Crippen LogP) is 3.09. The van der Waals surface area contributed by atoms with Crippen LogP contribution in [0.15, 0.2) is 34.2 Å². The van der Waals surface area contributed by atoms with E-state index >= 15 is 0 Å². The molecule has 2 atom stereocenters. The molecule has 1 aromatic carbocycles. The number of nitrogens with one attached hydrogen (secondary N) is 1. The number of anilines is 1. The number of benzene rings is 1. The highest BCUT2D eigenvalue weighted by Gasteiger charge is 2.35. The van der Waals surface area contributed by atoms with Gasteiger partial charge in [0, 0.05) is 24.0 Å². The number of rotatable bonds is 7. The lowest BCUT2D eigenvalue weighted by molar-refractivity contribution is -0.116. The summed E-state index contributed by atoms with van der Waals surface area (Å²) in [5.74, 6) is 0.898. The molecule has 1 fully saturated rings. The molecule has 0 unspecified atom stereocenters. The van der Waals surface area contributed by atoms with E-state index in [1.165, 1.54) is 24.9 Å². The molecule has 12 heteroatoms. The quantitative estimate of drug-likeness (QED) is 0.495. The zero-order chi connectivity index (χ0) is 26.2. The fourth-order valence-corrected chi connectivity index (χ4v) is 8.07. The number of piperidine rings is 1. The number of fused-ring (bicyclic) bond motifs is 1. The van der Waals surface area contributed by atoms with Crippen molar-refractivity contribution in [3.63, 3.8) is 0 Å². The number of sulfonamides is 1. The van der Waals surface area contributed by atoms with Gasteiger partial charge in [-0.15, -0.1) is 11.3 Å². The molecule has 2 aromatic heterocycles. The smallest absolute Gasteiger partial charge is 0.263 e. The summed E-state index contributed by atoms with van der Waals surface area (Å²) in [6, 6.07) is 4.96. The summed E-state index contributed by atoms with van der Waals surface area (Å²) in [6.07, 6.45) is 2.22. The Morgan fingerprint density at radius 2 is 1.89 bits per heavy atom. The Kier molecular flexibility index (Phi) is 7.39. The summed E-state index contributed by atoms with van der Waals surface area (Å²) < 4.78 is 40.4. The SMILES string of the molecule is COc1ccc(OC)c(NC(=O)Cn2cnc3sc(C)c(S(=O)(=O)N4C[C@H](C)C[C@@H](C)C4)c3c2=O)c1. The van der Waals surface area contributed by atoms with Crippen LogP contribution < -0.4 is 20.3 Å². The fourth-order valence-electron chi connectivity index (χ4n) is 4.72. The highest BCUT2D eigenvalue weighted by atomic mass is 32.2. The van der Waals surface area contributed by atoms with Crippen LogP contribution in [-0.4, -0.2) is 55.5 Å². The lowest BCUT2D eigenvalue weighted by atomic mass is 9.94. The van der Waals surface area contributed by atoms with E-state index in [2.05, 4.69) is 10.3 Å². The molecule has 0 spiro atoms. The summed E-state index contributed by atoms with van der Waals surface area (Å²) in [5.41, 5.74) is -0.194. The normalized spacial score (nSPS) is 18.8. The van der Waals surface area contributed by atoms with Crippen LogP contribution in [0.25, 0.3) is 10.2 Å². The number of aromatic nitrogens is 2. The molecule has 0 saturated carbocycles. The van der Waals surface area contributed by atoms with E-state index in [1.54, 1.807) is 25.1 Å². The number of thiophene rings is 1. The number of nitrogens with zero attached hydrogens (tertiary/aromatic N) is 3. The molecule has 0 radical (unpaired) electrons. The second-order valence-electron chi connectivity index (χ2n) is 9.23. The average molecular weight is 535 g/mol. The summed E-state index contributed by atoms with van der Waals surface area (Å²) in [5, 5.41) is 2.74. The maximum atomic E-state index is 13.7. The minimum atomic E-state index is -3.92. The van der Waals surface area contributed by atoms with Crippen molar-refractivity contribution >= 4 is 43.2 Å². The highest BCUT2D eigenvalue weighted by molar-refractivity contribution is 7.89. The van der Waals surface area contributed by atoms with Gasteiger partial charge in [-0.05, 0) is 37.3 Å². The number of hydrogen-bond donors (Lipinski definition) is 1. The number of carbonyl (C=O) groups is 1. The third-order valence-corrected chi connectivity index (χ3v) is 9.37. The van der Waals surface area contributed by atoms with E-state index < -0.39 is 21.5 Å². The molecule has 194 valence electrons. The average Bonchev–Trinajstić information content (AvgIpc) is 3.17. The molecule has 36 heavy (non-hydrogen) atoms. The lowest BCUT2D eigenvalue weighted by Gasteiger charge is -2.34. The molecule has 1 saturated heterocycles. The molecule has 1 N–H and O–H groups in total. The molecule has 3 heterocycles. The number of ether oxygens (including phenoxy) is 2. The summed E-state index contributed by atoms with van der Waals surface area (Å²) in [7, 11) is -0.931. The van der Waals surface area contributed by atoms with E-state index in [4.69, 9.17) is 9.47 Å². The van der Waals surface area contributed by atoms with Crippen molar-refractivity contribution in [2.75, 3.05) is 32.6 Å². The van der Waals surface area contributed by atoms with Crippen LogP contribution >= 0.6 is 11.3 Å². The fraction of sp³-hybridized carbons (Fsp3) is 0.458. The summed E-state index contributed by atoms with van der Waals surface area (Å²) in [4.78, 5) is 31.4. The van der Waals surface area contributed by atoms with E-state index in [0.29, 0.717) is 40.0 Å². The molecule has 4 rings (SSSR count). The van der Waals surface area contributed by atoms with E-state index in [-0.39, 0.29) is 28.7 Å². The van der Waals surface area contributed by atoms with Gasteiger partial charge in [-0.25, -0.2) is 13.4 Å². The molecule has 10 nitrogen and oxygen atoms in total. The van der Waals surface area contributed by atoms with Gasteiger partial charge in [0.05, 0.1) is 31.6 Å². The molecule has 1 aliphatic rings. The maximum Gasteiger partial charge on any atom is 0.263 e. The lowest BCUT2D eigenvalue weighted by Crippen LogP contribution is -2.42. The monoisotopic (exact) mass is 534 g/mol. The van der Waals surface area contributed by atoms with E-state index in [0.717, 1.165) is 22.3 Å². The molecule has 0 aliphatic carbocycles. The topological polar surface area (TPSA) is 120 Å². The highest BCUT2D eigenvalue weighted by Crippen LogP contribution is 2.35. The Hall–Kier alpha value is -2.96. The van der Waals surface area contributed by atoms with Gasteiger partial charge in [0.2, 0.25) is 15.9 Å². The predicted molar refractivity (Wildman–Crippen MR) is 138 cm³/mol. The van der Waals surface area contributed by atoms with Crippen molar-refractivity contribution in [3.05, 3.63) is 39.8 Å². The van der Waals surface area contributed by atoms with Gasteiger partial charge in [-0.1, -0.05) is 13.8 Å². The zero-order valence-corrected chi connectivity index (χ0v) is 22.5. The van der Waals surface area contributed by atoms with Crippen molar-refractivity contribution in [2.24, 2.45) is 11.8 Å². The van der Waals surface area contributed by atoms with Crippen LogP contribution in [-0.2, 0) is 21.4 Å². The second-order valence-corrected chi connectivity index (χ2v) is 12.3. The molecule has 3 aromatic rings. The standard InChI is InChI=1S/C24H30N4O6S2/c1-14-8-15(2)11-28(10-14)36(31,32)22-16(3)35-23-21(22)24(30)27(13-25-23)12-20(29)26-18-9-17(33-4)6-7-19(18)34-5/h6-7,9,13-15H,8,10-12H2,1-5H3,(H,26,29)/t14-,15-/m1/s1. The van der Waals surface area contributed by atoms with Gasteiger partial charge in [0.25, 0.3) is 5.56 Å². The summed E-state index contributed by atoms with van der Waals surface area (Å²) in [6.45, 7) is 6.20. The van der Waals surface area contributed by atoms with Crippen LogP contribution in [0, 0.1) is 18.8 Å². The molecule has 1 amide bonds. The Labute approximate surface area is 213 Å². The van der Waals surface area contributed by atoms with Crippen LogP contribution in [0.4, 0.5) is 5.69 Å². The largest absolute Gasteiger partial charge is 0.497 e. The first-order valence-corrected chi connectivity index (χ1v) is 13.8. The Morgan fingerprint density at radius 3 is 2.53 bits per heavy atom. The van der Waals surface area contributed by atoms with Crippen molar-refractivity contribution in [1.29, 1.82) is 0 Å². The number of amides is 1. The third kappa shape index (κ3) is 4.97. The molecular weight excluding hydrogens is 504 g/mol. The van der Waals surface area contributed by atoms with Crippen molar-refractivity contribution < 1.29 is 22.7 Å². The van der Waals surface area contributed by atoms with Crippen molar-refractivity contribution in [1.82, 2.24) is 13.9 Å². The second kappa shape index (κ2) is 10.2. The van der Waals surface area contributed by atoms with Crippen LogP contribution in [0.2, 0.25) is 0 Å². The number of aryl methyl sites for hydroxylation is 1. The first-order chi connectivity index (χ1) is 17.0.